The number of anilines is 1. The maximum Gasteiger partial charge on any atom is 0.260 e. The van der Waals surface area contributed by atoms with Crippen molar-refractivity contribution in [1.29, 1.82) is 0 Å². The van der Waals surface area contributed by atoms with Crippen molar-refractivity contribution in [2.24, 2.45) is 0 Å². The molecule has 0 atom stereocenters. The summed E-state index contributed by atoms with van der Waals surface area (Å²) >= 11 is 0. The summed E-state index contributed by atoms with van der Waals surface area (Å²) in [5.74, 6) is 1.58. The van der Waals surface area contributed by atoms with Gasteiger partial charge in [0.25, 0.3) is 5.91 Å². The molecule has 3 aromatic rings. The number of carbonyl (C=O) groups excluding carboxylic acids is 1. The van der Waals surface area contributed by atoms with Crippen LogP contribution in [0.5, 0.6) is 11.5 Å². The number of halogens is 1. The topological polar surface area (TPSA) is 67.8 Å². The third-order valence-electron chi connectivity index (χ3n) is 5.17. The molecule has 0 saturated carbocycles. The molecule has 0 spiro atoms. The highest BCUT2D eigenvalue weighted by Gasteiger charge is 2.23. The van der Waals surface area contributed by atoms with Crippen molar-refractivity contribution >= 4 is 11.7 Å². The number of methoxy groups -OCH3 is 1. The SMILES string of the molecule is COc1ccccc1OCC(=O)N1CCN(c2cc(-c3ccc(F)cc3)ncn2)CC1. The Morgan fingerprint density at radius 3 is 2.42 bits per heavy atom. The number of nitrogens with zero attached hydrogens (tertiary/aromatic N) is 4. The van der Waals surface area contributed by atoms with Crippen LogP contribution in [0.2, 0.25) is 0 Å². The largest absolute Gasteiger partial charge is 0.493 e. The Morgan fingerprint density at radius 2 is 1.71 bits per heavy atom. The van der Waals surface area contributed by atoms with E-state index in [-0.39, 0.29) is 18.3 Å². The van der Waals surface area contributed by atoms with Gasteiger partial charge in [0.2, 0.25) is 0 Å². The monoisotopic (exact) mass is 422 g/mol. The predicted octanol–water partition coefficient (Wildman–Crippen LogP) is 3.02. The van der Waals surface area contributed by atoms with Gasteiger partial charge in [-0.25, -0.2) is 14.4 Å². The van der Waals surface area contributed by atoms with Crippen LogP contribution in [-0.4, -0.2) is 60.7 Å². The number of aromatic nitrogens is 2. The average Bonchev–Trinajstić information content (AvgIpc) is 2.83. The van der Waals surface area contributed by atoms with E-state index in [2.05, 4.69) is 14.9 Å². The molecule has 0 aliphatic carbocycles. The molecule has 2 aromatic carbocycles. The van der Waals surface area contributed by atoms with Gasteiger partial charge >= 0.3 is 0 Å². The van der Waals surface area contributed by atoms with Crippen molar-refractivity contribution in [3.8, 4) is 22.8 Å². The summed E-state index contributed by atoms with van der Waals surface area (Å²) in [7, 11) is 1.57. The first-order chi connectivity index (χ1) is 15.1. The molecule has 2 heterocycles. The number of rotatable bonds is 6. The van der Waals surface area contributed by atoms with E-state index in [0.717, 1.165) is 17.1 Å². The molecule has 0 N–H and O–H groups in total. The third kappa shape index (κ3) is 4.91. The fraction of sp³-hybridized carbons (Fsp3) is 0.261. The van der Waals surface area contributed by atoms with Crippen LogP contribution >= 0.6 is 0 Å². The van der Waals surface area contributed by atoms with E-state index in [9.17, 15) is 9.18 Å². The standard InChI is InChI=1S/C23H23FN4O3/c1-30-20-4-2-3-5-21(20)31-15-23(29)28-12-10-27(11-13-28)22-14-19(25-16-26-22)17-6-8-18(24)9-7-17/h2-9,14,16H,10-13,15H2,1H3. The van der Waals surface area contributed by atoms with Gasteiger partial charge in [-0.2, -0.15) is 0 Å². The summed E-state index contributed by atoms with van der Waals surface area (Å²) < 4.78 is 24.1. The number of hydrogen-bond acceptors (Lipinski definition) is 6. The van der Waals surface area contributed by atoms with Gasteiger partial charge in [0, 0.05) is 37.8 Å². The molecule has 8 heteroatoms. The van der Waals surface area contributed by atoms with E-state index in [1.165, 1.54) is 18.5 Å². The number of para-hydroxylation sites is 2. The second-order valence-electron chi connectivity index (χ2n) is 7.08. The van der Waals surface area contributed by atoms with E-state index >= 15 is 0 Å². The highest BCUT2D eigenvalue weighted by Crippen LogP contribution is 2.26. The predicted molar refractivity (Wildman–Crippen MR) is 115 cm³/mol. The molecular formula is C23H23FN4O3. The molecule has 0 radical (unpaired) electrons. The van der Waals surface area contributed by atoms with Gasteiger partial charge in [-0.05, 0) is 36.4 Å². The van der Waals surface area contributed by atoms with Gasteiger partial charge in [0.05, 0.1) is 12.8 Å². The minimum Gasteiger partial charge on any atom is -0.493 e. The summed E-state index contributed by atoms with van der Waals surface area (Å²) in [6.45, 7) is 2.41. The Labute approximate surface area is 180 Å². The first kappa shape index (κ1) is 20.6. The van der Waals surface area contributed by atoms with Gasteiger partial charge in [0.1, 0.15) is 18.0 Å². The Kier molecular flexibility index (Phi) is 6.26. The molecule has 4 rings (SSSR count). The third-order valence-corrected chi connectivity index (χ3v) is 5.17. The summed E-state index contributed by atoms with van der Waals surface area (Å²) in [5, 5.41) is 0. The lowest BCUT2D eigenvalue weighted by atomic mass is 10.1. The molecule has 1 fully saturated rings. The summed E-state index contributed by atoms with van der Waals surface area (Å²) in [6.07, 6.45) is 1.51. The van der Waals surface area contributed by atoms with Crippen LogP contribution in [0.25, 0.3) is 11.3 Å². The van der Waals surface area contributed by atoms with E-state index in [1.54, 1.807) is 36.3 Å². The Hall–Kier alpha value is -3.68. The highest BCUT2D eigenvalue weighted by molar-refractivity contribution is 5.78. The molecule has 7 nitrogen and oxygen atoms in total. The molecule has 31 heavy (non-hydrogen) atoms. The normalized spacial score (nSPS) is 13.7. The lowest BCUT2D eigenvalue weighted by Gasteiger charge is -2.35. The molecule has 1 aromatic heterocycles. The first-order valence-corrected chi connectivity index (χ1v) is 10.0. The van der Waals surface area contributed by atoms with Gasteiger partial charge in [-0.15, -0.1) is 0 Å². The van der Waals surface area contributed by atoms with Crippen molar-refractivity contribution in [3.63, 3.8) is 0 Å². The van der Waals surface area contributed by atoms with Gasteiger partial charge in [-0.1, -0.05) is 12.1 Å². The van der Waals surface area contributed by atoms with Crippen LogP contribution < -0.4 is 14.4 Å². The lowest BCUT2D eigenvalue weighted by molar-refractivity contribution is -0.133. The van der Waals surface area contributed by atoms with Crippen molar-refractivity contribution in [1.82, 2.24) is 14.9 Å². The second-order valence-corrected chi connectivity index (χ2v) is 7.08. The molecule has 160 valence electrons. The van der Waals surface area contributed by atoms with E-state index in [4.69, 9.17) is 9.47 Å². The van der Waals surface area contributed by atoms with E-state index in [1.807, 2.05) is 18.2 Å². The highest BCUT2D eigenvalue weighted by atomic mass is 19.1. The Morgan fingerprint density at radius 1 is 1.00 bits per heavy atom. The van der Waals surface area contributed by atoms with Crippen LogP contribution in [0.4, 0.5) is 10.2 Å². The Bertz CT molecular complexity index is 1040. The number of piperazine rings is 1. The zero-order valence-corrected chi connectivity index (χ0v) is 17.2. The maximum atomic E-state index is 13.2. The van der Waals surface area contributed by atoms with E-state index in [0.29, 0.717) is 37.7 Å². The van der Waals surface area contributed by atoms with Crippen molar-refractivity contribution in [2.75, 3.05) is 44.8 Å². The zero-order chi connectivity index (χ0) is 21.6. The minimum absolute atomic E-state index is 0.0391. The van der Waals surface area contributed by atoms with Crippen molar-refractivity contribution in [2.45, 2.75) is 0 Å². The molecule has 1 aliphatic heterocycles. The fourth-order valence-corrected chi connectivity index (χ4v) is 3.45. The molecule has 1 amide bonds. The van der Waals surface area contributed by atoms with E-state index < -0.39 is 0 Å². The number of hydrogen-bond donors (Lipinski definition) is 0. The van der Waals surface area contributed by atoms with Crippen LogP contribution in [-0.2, 0) is 4.79 Å². The summed E-state index contributed by atoms with van der Waals surface area (Å²) in [5.41, 5.74) is 1.56. The zero-order valence-electron chi connectivity index (χ0n) is 17.2. The molecule has 1 aliphatic rings. The van der Waals surface area contributed by atoms with Gasteiger partial charge in [0.15, 0.2) is 18.1 Å². The van der Waals surface area contributed by atoms with Gasteiger partial charge < -0.3 is 19.3 Å². The van der Waals surface area contributed by atoms with Gasteiger partial charge in [-0.3, -0.25) is 4.79 Å². The number of amides is 1. The minimum atomic E-state index is -0.284. The lowest BCUT2D eigenvalue weighted by Crippen LogP contribution is -2.50. The summed E-state index contributed by atoms with van der Waals surface area (Å²) in [6, 6.07) is 15.3. The quantitative estimate of drug-likeness (QED) is 0.608. The molecule has 1 saturated heterocycles. The first-order valence-electron chi connectivity index (χ1n) is 10.0. The average molecular weight is 422 g/mol. The fourth-order valence-electron chi connectivity index (χ4n) is 3.45. The molecular weight excluding hydrogens is 399 g/mol. The summed E-state index contributed by atoms with van der Waals surface area (Å²) in [4.78, 5) is 25.1. The van der Waals surface area contributed by atoms with Crippen LogP contribution in [0.3, 0.4) is 0 Å². The van der Waals surface area contributed by atoms with Crippen molar-refractivity contribution in [3.05, 3.63) is 66.7 Å². The second kappa shape index (κ2) is 9.42. The van der Waals surface area contributed by atoms with Crippen LogP contribution in [0.15, 0.2) is 60.9 Å². The van der Waals surface area contributed by atoms with Crippen LogP contribution in [0, 0.1) is 5.82 Å². The smallest absolute Gasteiger partial charge is 0.260 e. The number of carbonyl (C=O) groups is 1. The molecule has 0 unspecified atom stereocenters. The maximum absolute atomic E-state index is 13.2. The Balaban J connectivity index is 1.34. The van der Waals surface area contributed by atoms with Crippen LogP contribution in [0.1, 0.15) is 0 Å². The van der Waals surface area contributed by atoms with Crippen molar-refractivity contribution < 1.29 is 18.7 Å². The number of benzene rings is 2. The molecule has 0 bridgehead atoms. The number of ether oxygens (including phenoxy) is 2.